The average Bonchev–Trinajstić information content (AvgIpc) is 3.00. The number of carbonyl (C=O) groups excluding carboxylic acids is 1. The second-order valence-electron chi connectivity index (χ2n) is 6.17. The lowest BCUT2D eigenvalue weighted by Gasteiger charge is -2.19. The number of hydrogen-bond donors (Lipinski definition) is 1. The van der Waals surface area contributed by atoms with Crippen molar-refractivity contribution < 1.29 is 13.9 Å². The van der Waals surface area contributed by atoms with Crippen molar-refractivity contribution in [2.45, 2.75) is 40.2 Å². The Morgan fingerprint density at radius 1 is 1.23 bits per heavy atom. The molecule has 3 rings (SSSR count). The van der Waals surface area contributed by atoms with Crippen molar-refractivity contribution in [1.29, 1.82) is 0 Å². The first-order valence-corrected chi connectivity index (χ1v) is 9.12. The van der Waals surface area contributed by atoms with Gasteiger partial charge < -0.3 is 9.15 Å². The average molecular weight is 420 g/mol. The van der Waals surface area contributed by atoms with Crippen LogP contribution in [0.4, 0.5) is 10.6 Å². The van der Waals surface area contributed by atoms with E-state index in [-0.39, 0.29) is 5.82 Å². The van der Waals surface area contributed by atoms with Crippen LogP contribution in [0.2, 0.25) is 0 Å². The largest absolute Gasteiger partial charge is 0.454 e. The molecular formula is C19H22BrN3O3. The first-order valence-electron chi connectivity index (χ1n) is 8.33. The lowest BCUT2D eigenvalue weighted by atomic mass is 10.2. The Bertz CT molecular complexity index is 867. The van der Waals surface area contributed by atoms with E-state index in [4.69, 9.17) is 9.15 Å². The Morgan fingerprint density at radius 3 is 2.58 bits per heavy atom. The molecule has 26 heavy (non-hydrogen) atoms. The van der Waals surface area contributed by atoms with Gasteiger partial charge in [0.1, 0.15) is 21.5 Å². The number of furan rings is 1. The fourth-order valence-electron chi connectivity index (χ4n) is 2.13. The molecule has 2 heterocycles. The smallest absolute Gasteiger partial charge is 0.413 e. The van der Waals surface area contributed by atoms with Crippen LogP contribution in [0, 0.1) is 0 Å². The quantitative estimate of drug-likeness (QED) is 0.548. The number of fused-ring (bicyclic) bond motifs is 1. The molecule has 0 radical (unpaired) electrons. The fourth-order valence-corrected chi connectivity index (χ4v) is 2.41. The van der Waals surface area contributed by atoms with Crippen molar-refractivity contribution in [3.63, 3.8) is 0 Å². The predicted octanol–water partition coefficient (Wildman–Crippen LogP) is 6.03. The zero-order valence-corrected chi connectivity index (χ0v) is 17.0. The molecule has 0 aliphatic rings. The van der Waals surface area contributed by atoms with E-state index in [0.717, 1.165) is 11.0 Å². The predicted molar refractivity (Wildman–Crippen MR) is 106 cm³/mol. The van der Waals surface area contributed by atoms with Gasteiger partial charge in [-0.25, -0.2) is 14.8 Å². The van der Waals surface area contributed by atoms with E-state index in [1.165, 1.54) is 6.20 Å². The van der Waals surface area contributed by atoms with Crippen LogP contribution in [0.25, 0.3) is 22.4 Å². The van der Waals surface area contributed by atoms with Crippen molar-refractivity contribution in [2.24, 2.45) is 0 Å². The summed E-state index contributed by atoms with van der Waals surface area (Å²) in [6, 6.07) is 9.47. The molecule has 0 aliphatic heterocycles. The van der Waals surface area contributed by atoms with Gasteiger partial charge in [0.15, 0.2) is 11.6 Å². The summed E-state index contributed by atoms with van der Waals surface area (Å²) in [5.74, 6) is 0.780. The van der Waals surface area contributed by atoms with E-state index in [1.807, 2.05) is 44.2 Å². The van der Waals surface area contributed by atoms with E-state index in [0.29, 0.717) is 16.1 Å². The van der Waals surface area contributed by atoms with E-state index >= 15 is 0 Å². The minimum Gasteiger partial charge on any atom is -0.454 e. The molecule has 3 aromatic rings. The number of benzene rings is 1. The van der Waals surface area contributed by atoms with Crippen LogP contribution in [0.3, 0.4) is 0 Å². The number of rotatable bonds is 2. The molecule has 0 fully saturated rings. The van der Waals surface area contributed by atoms with Crippen LogP contribution in [0.1, 0.15) is 34.6 Å². The van der Waals surface area contributed by atoms with Gasteiger partial charge in [0, 0.05) is 5.39 Å². The van der Waals surface area contributed by atoms with Gasteiger partial charge in [-0.1, -0.05) is 32.0 Å². The highest BCUT2D eigenvalue weighted by atomic mass is 79.9. The number of nitrogens with zero attached hydrogens (tertiary/aromatic N) is 2. The Morgan fingerprint density at radius 2 is 1.92 bits per heavy atom. The van der Waals surface area contributed by atoms with Gasteiger partial charge in [-0.2, -0.15) is 0 Å². The summed E-state index contributed by atoms with van der Waals surface area (Å²) in [6.07, 6.45) is 0.898. The maximum atomic E-state index is 12.0. The number of halogens is 1. The molecule has 0 spiro atoms. The van der Waals surface area contributed by atoms with Gasteiger partial charge in [0.2, 0.25) is 0 Å². The molecule has 0 bridgehead atoms. The molecule has 138 valence electrons. The van der Waals surface area contributed by atoms with Crippen molar-refractivity contribution in [2.75, 3.05) is 5.32 Å². The van der Waals surface area contributed by atoms with Crippen molar-refractivity contribution >= 4 is 38.8 Å². The van der Waals surface area contributed by atoms with Gasteiger partial charge in [-0.3, -0.25) is 5.32 Å². The molecule has 1 aromatic carbocycles. The maximum Gasteiger partial charge on any atom is 0.413 e. The third kappa shape index (κ3) is 5.05. The summed E-state index contributed by atoms with van der Waals surface area (Å²) < 4.78 is 11.6. The van der Waals surface area contributed by atoms with E-state index in [1.54, 1.807) is 20.8 Å². The lowest BCUT2D eigenvalue weighted by Crippen LogP contribution is -2.27. The lowest BCUT2D eigenvalue weighted by molar-refractivity contribution is 0.0635. The SMILES string of the molecule is CC.CC(C)(C)OC(=O)Nc1ncc(Br)nc1-c1cc2ccccc2o1. The molecule has 2 aromatic heterocycles. The van der Waals surface area contributed by atoms with Gasteiger partial charge in [0.25, 0.3) is 0 Å². The first-order chi connectivity index (χ1) is 12.3. The fraction of sp³-hybridized carbons (Fsp3) is 0.316. The maximum absolute atomic E-state index is 12.0. The third-order valence-electron chi connectivity index (χ3n) is 3.02. The standard InChI is InChI=1S/C17H16BrN3O3.C2H6/c1-17(2,3)24-16(22)21-15-14(20-13(18)9-19-15)12-8-10-6-4-5-7-11(10)23-12;1-2/h4-9H,1-3H3,(H,19,21,22);1-2H3. The molecule has 1 amide bonds. The van der Waals surface area contributed by atoms with Crippen molar-refractivity contribution in [1.82, 2.24) is 9.97 Å². The second kappa shape index (κ2) is 8.31. The van der Waals surface area contributed by atoms with Gasteiger partial charge in [-0.05, 0) is 48.8 Å². The monoisotopic (exact) mass is 419 g/mol. The Labute approximate surface area is 161 Å². The Hall–Kier alpha value is -2.41. The summed E-state index contributed by atoms with van der Waals surface area (Å²) in [6.45, 7) is 9.38. The highest BCUT2D eigenvalue weighted by Gasteiger charge is 2.20. The first kappa shape index (κ1) is 19.9. The minimum absolute atomic E-state index is 0.270. The number of amides is 1. The van der Waals surface area contributed by atoms with Gasteiger partial charge in [-0.15, -0.1) is 0 Å². The van der Waals surface area contributed by atoms with Crippen LogP contribution >= 0.6 is 15.9 Å². The number of para-hydroxylation sites is 1. The molecule has 0 saturated carbocycles. The van der Waals surface area contributed by atoms with Crippen LogP contribution in [-0.2, 0) is 4.74 Å². The van der Waals surface area contributed by atoms with Crippen molar-refractivity contribution in [3.8, 4) is 11.5 Å². The molecule has 0 saturated heterocycles. The number of nitrogens with one attached hydrogen (secondary N) is 1. The zero-order valence-electron chi connectivity index (χ0n) is 15.5. The number of carbonyl (C=O) groups is 1. The van der Waals surface area contributed by atoms with E-state index < -0.39 is 11.7 Å². The topological polar surface area (TPSA) is 77.2 Å². The Kier molecular flexibility index (Phi) is 6.37. The summed E-state index contributed by atoms with van der Waals surface area (Å²) in [4.78, 5) is 20.6. The van der Waals surface area contributed by atoms with Crippen LogP contribution in [0.5, 0.6) is 0 Å². The third-order valence-corrected chi connectivity index (χ3v) is 3.40. The van der Waals surface area contributed by atoms with Crippen molar-refractivity contribution in [3.05, 3.63) is 41.1 Å². The highest BCUT2D eigenvalue weighted by molar-refractivity contribution is 9.10. The number of aromatic nitrogens is 2. The van der Waals surface area contributed by atoms with Gasteiger partial charge >= 0.3 is 6.09 Å². The molecule has 6 nitrogen and oxygen atoms in total. The van der Waals surface area contributed by atoms with Crippen LogP contribution in [0.15, 0.2) is 45.5 Å². The molecule has 7 heteroatoms. The summed E-state index contributed by atoms with van der Waals surface area (Å²) in [5.41, 5.74) is 0.552. The summed E-state index contributed by atoms with van der Waals surface area (Å²) >= 11 is 3.29. The molecule has 0 atom stereocenters. The molecular weight excluding hydrogens is 398 g/mol. The van der Waals surface area contributed by atoms with E-state index in [9.17, 15) is 4.79 Å². The molecule has 1 N–H and O–H groups in total. The van der Waals surface area contributed by atoms with Crippen LogP contribution in [-0.4, -0.2) is 21.7 Å². The zero-order chi connectivity index (χ0) is 19.3. The Balaban J connectivity index is 0.00000117. The molecule has 0 unspecified atom stereocenters. The second-order valence-corrected chi connectivity index (χ2v) is 6.98. The summed E-state index contributed by atoms with van der Waals surface area (Å²) in [5, 5.41) is 3.56. The molecule has 0 aliphatic carbocycles. The summed E-state index contributed by atoms with van der Waals surface area (Å²) in [7, 11) is 0. The normalized spacial score (nSPS) is 10.8. The number of hydrogen-bond acceptors (Lipinski definition) is 5. The highest BCUT2D eigenvalue weighted by Crippen LogP contribution is 2.31. The van der Waals surface area contributed by atoms with Crippen LogP contribution < -0.4 is 5.32 Å². The van der Waals surface area contributed by atoms with Gasteiger partial charge in [0.05, 0.1) is 6.20 Å². The number of anilines is 1. The number of ether oxygens (including phenoxy) is 1. The van der Waals surface area contributed by atoms with E-state index in [2.05, 4.69) is 31.2 Å². The minimum atomic E-state index is -0.605.